The zero-order valence-electron chi connectivity index (χ0n) is 9.43. The van der Waals surface area contributed by atoms with Gasteiger partial charge in [0.2, 0.25) is 0 Å². The first-order chi connectivity index (χ1) is 7.09. The number of esters is 1. The van der Waals surface area contributed by atoms with Crippen molar-refractivity contribution in [1.29, 1.82) is 0 Å². The van der Waals surface area contributed by atoms with Crippen LogP contribution >= 0.6 is 0 Å². The fourth-order valence-electron chi connectivity index (χ4n) is 1.42. The molecule has 3 nitrogen and oxygen atoms in total. The second-order valence-electron chi connectivity index (χ2n) is 3.98. The highest BCUT2D eigenvalue weighted by Gasteiger charge is 2.17. The fourth-order valence-corrected chi connectivity index (χ4v) is 1.42. The molecule has 0 aliphatic carbocycles. The maximum absolute atomic E-state index is 11.0. The van der Waals surface area contributed by atoms with Crippen molar-refractivity contribution < 1.29 is 9.53 Å². The molecule has 0 saturated heterocycles. The fraction of sp³-hybridized carbons (Fsp3) is 0.500. The lowest BCUT2D eigenvalue weighted by molar-refractivity contribution is -0.147. The zero-order valence-corrected chi connectivity index (χ0v) is 9.43. The summed E-state index contributed by atoms with van der Waals surface area (Å²) in [6, 6.07) is 5.64. The lowest BCUT2D eigenvalue weighted by atomic mass is 10.0. The minimum absolute atomic E-state index is 0.219. The van der Waals surface area contributed by atoms with Gasteiger partial charge in [0.05, 0.1) is 5.69 Å². The zero-order chi connectivity index (χ0) is 11.3. The Morgan fingerprint density at radius 3 is 2.67 bits per heavy atom. The smallest absolute Gasteiger partial charge is 0.303 e. The quantitative estimate of drug-likeness (QED) is 0.712. The normalized spacial score (nSPS) is 12.5. The third-order valence-electron chi connectivity index (χ3n) is 2.01. The van der Waals surface area contributed by atoms with Crippen LogP contribution in [-0.2, 0) is 9.53 Å². The van der Waals surface area contributed by atoms with Crippen LogP contribution in [0.2, 0.25) is 0 Å². The van der Waals surface area contributed by atoms with Crippen molar-refractivity contribution in [2.45, 2.75) is 33.3 Å². The number of hydrogen-bond donors (Lipinski definition) is 0. The molecular formula is C12H17NO2. The van der Waals surface area contributed by atoms with Crippen LogP contribution in [0.15, 0.2) is 24.4 Å². The van der Waals surface area contributed by atoms with Gasteiger partial charge in [-0.25, -0.2) is 0 Å². The molecule has 0 aliphatic heterocycles. The molecule has 1 atom stereocenters. The molecule has 0 bridgehead atoms. The molecule has 0 radical (unpaired) electrons. The summed E-state index contributed by atoms with van der Waals surface area (Å²) >= 11 is 0. The molecule has 1 heterocycles. The van der Waals surface area contributed by atoms with Gasteiger partial charge in [0.1, 0.15) is 6.10 Å². The molecule has 15 heavy (non-hydrogen) atoms. The standard InChI is InChI=1S/C12H17NO2/c1-9(2)8-12(15-10(3)14)11-6-4-5-7-13-11/h4-7,9,12H,8H2,1-3H3. The molecule has 1 aromatic heterocycles. The van der Waals surface area contributed by atoms with E-state index in [9.17, 15) is 4.79 Å². The van der Waals surface area contributed by atoms with Crippen molar-refractivity contribution in [2.24, 2.45) is 5.92 Å². The number of nitrogens with zero attached hydrogens (tertiary/aromatic N) is 1. The molecule has 0 aliphatic rings. The summed E-state index contributed by atoms with van der Waals surface area (Å²) in [6.07, 6.45) is 2.30. The molecule has 0 fully saturated rings. The molecule has 82 valence electrons. The van der Waals surface area contributed by atoms with Crippen molar-refractivity contribution in [3.05, 3.63) is 30.1 Å². The summed E-state index contributed by atoms with van der Waals surface area (Å²) in [5.74, 6) is 0.211. The Kier molecular flexibility index (Phi) is 4.28. The molecular weight excluding hydrogens is 190 g/mol. The van der Waals surface area contributed by atoms with E-state index in [0.717, 1.165) is 12.1 Å². The lowest BCUT2D eigenvalue weighted by Gasteiger charge is -2.18. The van der Waals surface area contributed by atoms with Gasteiger partial charge in [-0.05, 0) is 24.5 Å². The lowest BCUT2D eigenvalue weighted by Crippen LogP contribution is -2.12. The molecule has 3 heteroatoms. The van der Waals surface area contributed by atoms with Crippen molar-refractivity contribution in [3.63, 3.8) is 0 Å². The van der Waals surface area contributed by atoms with Crippen LogP contribution in [0.25, 0.3) is 0 Å². The highest BCUT2D eigenvalue weighted by atomic mass is 16.5. The van der Waals surface area contributed by atoms with E-state index in [4.69, 9.17) is 4.74 Å². The topological polar surface area (TPSA) is 39.2 Å². The summed E-state index contributed by atoms with van der Waals surface area (Å²) < 4.78 is 5.25. The number of aromatic nitrogens is 1. The largest absolute Gasteiger partial charge is 0.456 e. The predicted octanol–water partition coefficient (Wildman–Crippen LogP) is 2.73. The minimum atomic E-state index is -0.258. The first kappa shape index (κ1) is 11.7. The van der Waals surface area contributed by atoms with Gasteiger partial charge in [-0.2, -0.15) is 0 Å². The maximum Gasteiger partial charge on any atom is 0.303 e. The van der Waals surface area contributed by atoms with Gasteiger partial charge in [-0.1, -0.05) is 19.9 Å². The second kappa shape index (κ2) is 5.49. The molecule has 0 aromatic carbocycles. The van der Waals surface area contributed by atoms with Gasteiger partial charge in [0.15, 0.2) is 0 Å². The molecule has 0 amide bonds. The highest BCUT2D eigenvalue weighted by Crippen LogP contribution is 2.23. The van der Waals surface area contributed by atoms with Crippen molar-refractivity contribution in [2.75, 3.05) is 0 Å². The van der Waals surface area contributed by atoms with Crippen LogP contribution in [0, 0.1) is 5.92 Å². The van der Waals surface area contributed by atoms with Crippen LogP contribution in [-0.4, -0.2) is 11.0 Å². The van der Waals surface area contributed by atoms with Gasteiger partial charge in [-0.15, -0.1) is 0 Å². The summed E-state index contributed by atoms with van der Waals surface area (Å²) in [4.78, 5) is 15.2. The summed E-state index contributed by atoms with van der Waals surface area (Å²) in [7, 11) is 0. The number of pyridine rings is 1. The third-order valence-corrected chi connectivity index (χ3v) is 2.01. The number of carbonyl (C=O) groups is 1. The van der Waals surface area contributed by atoms with Crippen molar-refractivity contribution >= 4 is 5.97 Å². The predicted molar refractivity (Wildman–Crippen MR) is 58.2 cm³/mol. The minimum Gasteiger partial charge on any atom is -0.456 e. The van der Waals surface area contributed by atoms with E-state index in [1.165, 1.54) is 6.92 Å². The van der Waals surface area contributed by atoms with Gasteiger partial charge in [0.25, 0.3) is 0 Å². The van der Waals surface area contributed by atoms with Gasteiger partial charge < -0.3 is 4.74 Å². The van der Waals surface area contributed by atoms with E-state index in [-0.39, 0.29) is 12.1 Å². The maximum atomic E-state index is 11.0. The average molecular weight is 207 g/mol. The Morgan fingerprint density at radius 2 is 2.20 bits per heavy atom. The van der Waals surface area contributed by atoms with Crippen LogP contribution in [0.4, 0.5) is 0 Å². The molecule has 1 aromatic rings. The first-order valence-corrected chi connectivity index (χ1v) is 5.17. The van der Waals surface area contributed by atoms with Crippen LogP contribution in [0.1, 0.15) is 39.0 Å². The van der Waals surface area contributed by atoms with E-state index >= 15 is 0 Å². The van der Waals surface area contributed by atoms with Gasteiger partial charge in [-0.3, -0.25) is 9.78 Å². The van der Waals surface area contributed by atoms with Crippen LogP contribution in [0.5, 0.6) is 0 Å². The van der Waals surface area contributed by atoms with E-state index < -0.39 is 0 Å². The number of ether oxygens (including phenoxy) is 1. The third kappa shape index (κ3) is 4.11. The van der Waals surface area contributed by atoms with Crippen molar-refractivity contribution in [1.82, 2.24) is 4.98 Å². The van der Waals surface area contributed by atoms with E-state index in [2.05, 4.69) is 18.8 Å². The SMILES string of the molecule is CC(=O)OC(CC(C)C)c1ccccn1. The van der Waals surface area contributed by atoms with E-state index in [1.807, 2.05) is 18.2 Å². The van der Waals surface area contributed by atoms with Gasteiger partial charge in [0, 0.05) is 13.1 Å². The summed E-state index contributed by atoms with van der Waals surface area (Å²) in [6.45, 7) is 5.62. The number of rotatable bonds is 4. The van der Waals surface area contributed by atoms with Crippen molar-refractivity contribution in [3.8, 4) is 0 Å². The van der Waals surface area contributed by atoms with Crippen LogP contribution in [0.3, 0.4) is 0 Å². The molecule has 0 saturated carbocycles. The second-order valence-corrected chi connectivity index (χ2v) is 3.98. The Hall–Kier alpha value is -1.38. The van der Waals surface area contributed by atoms with Gasteiger partial charge >= 0.3 is 5.97 Å². The molecule has 1 unspecified atom stereocenters. The highest BCUT2D eigenvalue weighted by molar-refractivity contribution is 5.66. The first-order valence-electron chi connectivity index (χ1n) is 5.17. The molecule has 1 rings (SSSR count). The van der Waals surface area contributed by atoms with E-state index in [0.29, 0.717) is 5.92 Å². The number of hydrogen-bond acceptors (Lipinski definition) is 3. The Labute approximate surface area is 90.5 Å². The molecule has 0 N–H and O–H groups in total. The Balaban J connectivity index is 2.76. The average Bonchev–Trinajstić information content (AvgIpc) is 2.17. The Morgan fingerprint density at radius 1 is 1.47 bits per heavy atom. The number of carbonyl (C=O) groups excluding carboxylic acids is 1. The van der Waals surface area contributed by atoms with E-state index in [1.54, 1.807) is 6.20 Å². The summed E-state index contributed by atoms with van der Waals surface area (Å²) in [5.41, 5.74) is 0.821. The summed E-state index contributed by atoms with van der Waals surface area (Å²) in [5, 5.41) is 0. The monoisotopic (exact) mass is 207 g/mol. The Bertz CT molecular complexity index is 309. The van der Waals surface area contributed by atoms with Crippen LogP contribution < -0.4 is 0 Å². The molecule has 0 spiro atoms.